The Morgan fingerprint density at radius 1 is 1.07 bits per heavy atom. The standard InChI is InChI=1S/C20H27N3O4S/c24-19-12-16(14-23(19)17-4-2-1-3-5-17)20(25)21-13-15-8-10-22(11-9-15)28(26,27)18-6-7-18/h1-5,15-16,18H,6-14H2,(H,21,25). The number of carbonyl (C=O) groups is 2. The van der Waals surface area contributed by atoms with Crippen molar-refractivity contribution in [2.24, 2.45) is 11.8 Å². The first kappa shape index (κ1) is 19.4. The maximum atomic E-state index is 12.5. The van der Waals surface area contributed by atoms with Gasteiger partial charge < -0.3 is 10.2 Å². The van der Waals surface area contributed by atoms with Crippen LogP contribution in [0.5, 0.6) is 0 Å². The maximum absolute atomic E-state index is 12.5. The van der Waals surface area contributed by atoms with E-state index in [-0.39, 0.29) is 35.3 Å². The topological polar surface area (TPSA) is 86.8 Å². The van der Waals surface area contributed by atoms with Crippen molar-refractivity contribution >= 4 is 27.5 Å². The van der Waals surface area contributed by atoms with E-state index in [1.807, 2.05) is 30.3 Å². The van der Waals surface area contributed by atoms with E-state index >= 15 is 0 Å². The third-order valence-corrected chi connectivity index (χ3v) is 8.41. The van der Waals surface area contributed by atoms with Crippen LogP contribution in [0.25, 0.3) is 0 Å². The normalized spacial score (nSPS) is 24.5. The second-order valence-corrected chi connectivity index (χ2v) is 10.3. The van der Waals surface area contributed by atoms with Gasteiger partial charge in [0, 0.05) is 38.3 Å². The van der Waals surface area contributed by atoms with Crippen LogP contribution in [0.15, 0.2) is 30.3 Å². The smallest absolute Gasteiger partial charge is 0.227 e. The van der Waals surface area contributed by atoms with Gasteiger partial charge in [0.15, 0.2) is 0 Å². The molecule has 4 rings (SSSR count). The summed E-state index contributed by atoms with van der Waals surface area (Å²) >= 11 is 0. The highest BCUT2D eigenvalue weighted by Crippen LogP contribution is 2.33. The monoisotopic (exact) mass is 405 g/mol. The molecule has 0 bridgehead atoms. The molecule has 0 aromatic heterocycles. The number of nitrogens with one attached hydrogen (secondary N) is 1. The lowest BCUT2D eigenvalue weighted by molar-refractivity contribution is -0.126. The van der Waals surface area contributed by atoms with Crippen LogP contribution in [0.3, 0.4) is 0 Å². The van der Waals surface area contributed by atoms with Crippen LogP contribution in [-0.2, 0) is 19.6 Å². The Hall–Kier alpha value is -1.93. The van der Waals surface area contributed by atoms with Gasteiger partial charge in [0.25, 0.3) is 0 Å². The average Bonchev–Trinajstić information content (AvgIpc) is 3.50. The Bertz CT molecular complexity index is 830. The molecule has 2 heterocycles. The van der Waals surface area contributed by atoms with Gasteiger partial charge in [-0.1, -0.05) is 18.2 Å². The molecule has 1 saturated carbocycles. The number of nitrogens with zero attached hydrogens (tertiary/aromatic N) is 2. The fourth-order valence-corrected chi connectivity index (χ4v) is 5.95. The molecule has 3 aliphatic rings. The fourth-order valence-electron chi connectivity index (χ4n) is 4.07. The van der Waals surface area contributed by atoms with E-state index < -0.39 is 10.0 Å². The SMILES string of the molecule is O=C(NCC1CCN(S(=O)(=O)C2CC2)CC1)C1CC(=O)N(c2ccccc2)C1. The molecule has 8 heteroatoms. The van der Waals surface area contributed by atoms with E-state index in [9.17, 15) is 18.0 Å². The van der Waals surface area contributed by atoms with Crippen molar-refractivity contribution in [3.05, 3.63) is 30.3 Å². The van der Waals surface area contributed by atoms with E-state index in [2.05, 4.69) is 5.32 Å². The van der Waals surface area contributed by atoms with Crippen molar-refractivity contribution in [1.82, 2.24) is 9.62 Å². The van der Waals surface area contributed by atoms with Crippen LogP contribution in [0.2, 0.25) is 0 Å². The van der Waals surface area contributed by atoms with Crippen molar-refractivity contribution in [2.45, 2.75) is 37.4 Å². The first-order valence-electron chi connectivity index (χ1n) is 10.1. The second kappa shape index (κ2) is 7.83. The molecule has 1 aromatic carbocycles. The molecule has 1 atom stereocenters. The minimum Gasteiger partial charge on any atom is -0.356 e. The third-order valence-electron chi connectivity index (χ3n) is 6.01. The van der Waals surface area contributed by atoms with Crippen molar-refractivity contribution in [1.29, 1.82) is 0 Å². The lowest BCUT2D eigenvalue weighted by Gasteiger charge is -2.31. The largest absolute Gasteiger partial charge is 0.356 e. The molecule has 0 spiro atoms. The van der Waals surface area contributed by atoms with Crippen LogP contribution in [0.1, 0.15) is 32.1 Å². The zero-order valence-corrected chi connectivity index (χ0v) is 16.7. The Kier molecular flexibility index (Phi) is 5.42. The molecule has 3 fully saturated rings. The molecule has 2 saturated heterocycles. The molecule has 7 nitrogen and oxygen atoms in total. The number of para-hydroxylation sites is 1. The molecule has 1 unspecified atom stereocenters. The van der Waals surface area contributed by atoms with Crippen LogP contribution >= 0.6 is 0 Å². The Morgan fingerprint density at radius 2 is 1.75 bits per heavy atom. The summed E-state index contributed by atoms with van der Waals surface area (Å²) in [5.74, 6) is -0.148. The number of rotatable bonds is 6. The molecular weight excluding hydrogens is 378 g/mol. The molecule has 2 aliphatic heterocycles. The molecule has 1 N–H and O–H groups in total. The molecule has 28 heavy (non-hydrogen) atoms. The summed E-state index contributed by atoms with van der Waals surface area (Å²) < 4.78 is 26.2. The van der Waals surface area contributed by atoms with E-state index in [4.69, 9.17) is 0 Å². The minimum atomic E-state index is -3.09. The zero-order chi connectivity index (χ0) is 19.7. The predicted molar refractivity (Wildman–Crippen MR) is 106 cm³/mol. The Morgan fingerprint density at radius 3 is 2.39 bits per heavy atom. The van der Waals surface area contributed by atoms with Crippen molar-refractivity contribution in [3.63, 3.8) is 0 Å². The van der Waals surface area contributed by atoms with Crippen LogP contribution in [0.4, 0.5) is 5.69 Å². The number of anilines is 1. The van der Waals surface area contributed by atoms with Crippen molar-refractivity contribution in [3.8, 4) is 0 Å². The number of benzene rings is 1. The highest BCUT2D eigenvalue weighted by atomic mass is 32.2. The van der Waals surface area contributed by atoms with Gasteiger partial charge in [-0.05, 0) is 43.7 Å². The van der Waals surface area contributed by atoms with Crippen LogP contribution in [-0.4, -0.2) is 56.0 Å². The fraction of sp³-hybridized carbons (Fsp3) is 0.600. The lowest BCUT2D eigenvalue weighted by atomic mass is 9.97. The first-order chi connectivity index (χ1) is 13.4. The van der Waals surface area contributed by atoms with Crippen molar-refractivity contribution < 1.29 is 18.0 Å². The van der Waals surface area contributed by atoms with Gasteiger partial charge in [0.1, 0.15) is 0 Å². The summed E-state index contributed by atoms with van der Waals surface area (Å²) in [6, 6.07) is 9.41. The number of amides is 2. The van der Waals surface area contributed by atoms with Gasteiger partial charge >= 0.3 is 0 Å². The average molecular weight is 406 g/mol. The van der Waals surface area contributed by atoms with Crippen LogP contribution in [0, 0.1) is 11.8 Å². The summed E-state index contributed by atoms with van der Waals surface area (Å²) in [5.41, 5.74) is 0.826. The third kappa shape index (κ3) is 4.07. The molecule has 0 radical (unpaired) electrons. The molecule has 152 valence electrons. The summed E-state index contributed by atoms with van der Waals surface area (Å²) in [4.78, 5) is 26.5. The summed E-state index contributed by atoms with van der Waals surface area (Å²) in [5, 5.41) is 2.83. The minimum absolute atomic E-state index is 0.0232. The second-order valence-electron chi connectivity index (χ2n) is 8.07. The van der Waals surface area contributed by atoms with Gasteiger partial charge in [-0.3, -0.25) is 9.59 Å². The molecule has 2 amide bonds. The van der Waals surface area contributed by atoms with Gasteiger partial charge in [0.2, 0.25) is 21.8 Å². The zero-order valence-electron chi connectivity index (χ0n) is 15.9. The van der Waals surface area contributed by atoms with Crippen molar-refractivity contribution in [2.75, 3.05) is 31.1 Å². The molecule has 1 aromatic rings. The highest BCUT2D eigenvalue weighted by molar-refractivity contribution is 7.90. The highest BCUT2D eigenvalue weighted by Gasteiger charge is 2.41. The maximum Gasteiger partial charge on any atom is 0.227 e. The summed E-state index contributed by atoms with van der Waals surface area (Å²) in [7, 11) is -3.09. The molecular formula is C20H27N3O4S. The van der Waals surface area contributed by atoms with Gasteiger partial charge in [0.05, 0.1) is 11.2 Å². The van der Waals surface area contributed by atoms with Gasteiger partial charge in [-0.2, -0.15) is 0 Å². The molecule has 1 aliphatic carbocycles. The lowest BCUT2D eigenvalue weighted by Crippen LogP contribution is -2.43. The van der Waals surface area contributed by atoms with E-state index in [0.717, 1.165) is 31.4 Å². The first-order valence-corrected chi connectivity index (χ1v) is 11.6. The predicted octanol–water partition coefficient (Wildman–Crippen LogP) is 1.36. The van der Waals surface area contributed by atoms with Crippen LogP contribution < -0.4 is 10.2 Å². The number of carbonyl (C=O) groups excluding carboxylic acids is 2. The Labute approximate surface area is 166 Å². The quantitative estimate of drug-likeness (QED) is 0.774. The summed E-state index contributed by atoms with van der Waals surface area (Å²) in [6.45, 7) is 2.05. The van der Waals surface area contributed by atoms with E-state index in [0.29, 0.717) is 26.2 Å². The van der Waals surface area contributed by atoms with Gasteiger partial charge in [-0.15, -0.1) is 0 Å². The number of sulfonamides is 1. The Balaban J connectivity index is 1.24. The van der Waals surface area contributed by atoms with Gasteiger partial charge in [-0.25, -0.2) is 12.7 Å². The van der Waals surface area contributed by atoms with E-state index in [1.54, 1.807) is 9.21 Å². The number of hydrogen-bond acceptors (Lipinski definition) is 4. The summed E-state index contributed by atoms with van der Waals surface area (Å²) in [6.07, 6.45) is 3.35. The van der Waals surface area contributed by atoms with E-state index in [1.165, 1.54) is 0 Å². The number of piperidine rings is 1. The number of hydrogen-bond donors (Lipinski definition) is 1.